The summed E-state index contributed by atoms with van der Waals surface area (Å²) in [4.78, 5) is 12.1. The lowest BCUT2D eigenvalue weighted by atomic mass is 10.2. The summed E-state index contributed by atoms with van der Waals surface area (Å²) in [6.45, 7) is 1.80. The number of nitrogens with zero attached hydrogens (tertiary/aromatic N) is 2. The molecule has 6 heteroatoms. The Hall–Kier alpha value is -1.82. The Balaban J connectivity index is 2.30. The summed E-state index contributed by atoms with van der Waals surface area (Å²) in [6, 6.07) is 7.20. The molecule has 1 aromatic carbocycles. The van der Waals surface area contributed by atoms with Crippen molar-refractivity contribution in [2.24, 2.45) is 7.05 Å². The van der Waals surface area contributed by atoms with Gasteiger partial charge < -0.3 is 11.1 Å². The van der Waals surface area contributed by atoms with E-state index in [2.05, 4.69) is 26.3 Å². The van der Waals surface area contributed by atoms with Crippen LogP contribution in [0.2, 0.25) is 0 Å². The topological polar surface area (TPSA) is 72.9 Å². The van der Waals surface area contributed by atoms with Crippen molar-refractivity contribution in [1.82, 2.24) is 9.78 Å². The molecule has 18 heavy (non-hydrogen) atoms. The van der Waals surface area contributed by atoms with Crippen molar-refractivity contribution in [1.29, 1.82) is 0 Å². The fraction of sp³-hybridized carbons (Fsp3) is 0.167. The summed E-state index contributed by atoms with van der Waals surface area (Å²) < 4.78 is 2.29. The first kappa shape index (κ1) is 12.6. The van der Waals surface area contributed by atoms with Crippen molar-refractivity contribution in [3.8, 4) is 0 Å². The molecule has 0 saturated heterocycles. The van der Waals surface area contributed by atoms with Gasteiger partial charge in [0, 0.05) is 11.5 Å². The molecule has 0 aliphatic carbocycles. The van der Waals surface area contributed by atoms with Crippen LogP contribution in [0.25, 0.3) is 0 Å². The van der Waals surface area contributed by atoms with Crippen molar-refractivity contribution in [3.63, 3.8) is 0 Å². The second kappa shape index (κ2) is 4.81. The van der Waals surface area contributed by atoms with Gasteiger partial charge in [-0.1, -0.05) is 12.1 Å². The predicted octanol–water partition coefficient (Wildman–Crippen LogP) is 2.33. The molecule has 0 aliphatic rings. The number of hydrogen-bond acceptors (Lipinski definition) is 3. The van der Waals surface area contributed by atoms with E-state index >= 15 is 0 Å². The lowest BCUT2D eigenvalue weighted by Gasteiger charge is -2.07. The number of rotatable bonds is 2. The first-order valence-corrected chi connectivity index (χ1v) is 6.15. The molecule has 0 atom stereocenters. The maximum Gasteiger partial charge on any atom is 0.258 e. The second-order valence-electron chi connectivity index (χ2n) is 3.91. The molecule has 0 aliphatic heterocycles. The van der Waals surface area contributed by atoms with E-state index in [9.17, 15) is 4.79 Å². The van der Waals surface area contributed by atoms with Crippen LogP contribution in [0, 0.1) is 6.92 Å². The van der Waals surface area contributed by atoms with E-state index in [1.807, 2.05) is 12.1 Å². The van der Waals surface area contributed by atoms with Gasteiger partial charge in [-0.2, -0.15) is 5.10 Å². The van der Waals surface area contributed by atoms with Crippen molar-refractivity contribution in [2.75, 3.05) is 11.1 Å². The van der Waals surface area contributed by atoms with Gasteiger partial charge >= 0.3 is 0 Å². The number of carbonyl (C=O) groups is 1. The Morgan fingerprint density at radius 2 is 2.11 bits per heavy atom. The van der Waals surface area contributed by atoms with E-state index in [-0.39, 0.29) is 5.91 Å². The summed E-state index contributed by atoms with van der Waals surface area (Å²) in [5.41, 5.74) is 7.59. The summed E-state index contributed by atoms with van der Waals surface area (Å²) in [5, 5.41) is 6.91. The summed E-state index contributed by atoms with van der Waals surface area (Å²) in [6.07, 6.45) is 0. The number of aryl methyl sites for hydroxylation is 2. The highest BCUT2D eigenvalue weighted by molar-refractivity contribution is 9.10. The van der Waals surface area contributed by atoms with Crippen molar-refractivity contribution >= 4 is 33.3 Å². The summed E-state index contributed by atoms with van der Waals surface area (Å²) in [7, 11) is 1.74. The Kier molecular flexibility index (Phi) is 3.38. The zero-order valence-corrected chi connectivity index (χ0v) is 11.7. The number of amides is 1. The van der Waals surface area contributed by atoms with Crippen molar-refractivity contribution in [3.05, 3.63) is 40.0 Å². The third-order valence-corrected chi connectivity index (χ3v) is 3.31. The first-order chi connectivity index (χ1) is 8.50. The SMILES string of the molecule is Cc1nn(C)c(NC(=O)c2ccccc2Br)c1N. The molecule has 1 heterocycles. The zero-order valence-electron chi connectivity index (χ0n) is 10.1. The Morgan fingerprint density at radius 1 is 1.44 bits per heavy atom. The lowest BCUT2D eigenvalue weighted by Crippen LogP contribution is -2.16. The Labute approximate surface area is 113 Å². The number of nitrogens with two attached hydrogens (primary N) is 1. The molecule has 5 nitrogen and oxygen atoms in total. The van der Waals surface area contributed by atoms with Crippen LogP contribution in [0.3, 0.4) is 0 Å². The standard InChI is InChI=1S/C12H13BrN4O/c1-7-10(14)11(17(2)16-7)15-12(18)8-5-3-4-6-9(8)13/h3-6H,14H2,1-2H3,(H,15,18). The molecule has 2 aromatic rings. The highest BCUT2D eigenvalue weighted by Gasteiger charge is 2.15. The fourth-order valence-corrected chi connectivity index (χ4v) is 2.11. The van der Waals surface area contributed by atoms with Gasteiger partial charge in [-0.05, 0) is 35.0 Å². The minimum atomic E-state index is -0.225. The predicted molar refractivity (Wildman–Crippen MR) is 74.5 cm³/mol. The largest absolute Gasteiger partial charge is 0.394 e. The average molecular weight is 309 g/mol. The van der Waals surface area contributed by atoms with E-state index in [4.69, 9.17) is 5.73 Å². The van der Waals surface area contributed by atoms with E-state index in [1.165, 1.54) is 0 Å². The van der Waals surface area contributed by atoms with Crippen LogP contribution in [0.1, 0.15) is 16.1 Å². The summed E-state index contributed by atoms with van der Waals surface area (Å²) in [5.74, 6) is 0.283. The van der Waals surface area contributed by atoms with Gasteiger partial charge in [0.05, 0.1) is 16.9 Å². The molecular weight excluding hydrogens is 296 g/mol. The van der Waals surface area contributed by atoms with Gasteiger partial charge in [-0.3, -0.25) is 9.48 Å². The lowest BCUT2D eigenvalue weighted by molar-refractivity contribution is 0.102. The number of hydrogen-bond donors (Lipinski definition) is 2. The normalized spacial score (nSPS) is 10.4. The molecule has 0 bridgehead atoms. The Bertz CT molecular complexity index is 606. The average Bonchev–Trinajstić information content (AvgIpc) is 2.56. The van der Waals surface area contributed by atoms with Crippen LogP contribution in [-0.4, -0.2) is 15.7 Å². The number of nitrogens with one attached hydrogen (secondary N) is 1. The van der Waals surface area contributed by atoms with E-state index in [0.29, 0.717) is 22.8 Å². The first-order valence-electron chi connectivity index (χ1n) is 5.35. The molecule has 3 N–H and O–H groups in total. The minimum Gasteiger partial charge on any atom is -0.394 e. The third-order valence-electron chi connectivity index (χ3n) is 2.62. The fourth-order valence-electron chi connectivity index (χ4n) is 1.64. The monoisotopic (exact) mass is 308 g/mol. The maximum atomic E-state index is 12.1. The number of halogens is 1. The quantitative estimate of drug-likeness (QED) is 0.894. The number of anilines is 2. The smallest absolute Gasteiger partial charge is 0.258 e. The number of benzene rings is 1. The van der Waals surface area contributed by atoms with Gasteiger partial charge in [0.2, 0.25) is 0 Å². The van der Waals surface area contributed by atoms with Gasteiger partial charge in [0.1, 0.15) is 0 Å². The van der Waals surface area contributed by atoms with Crippen LogP contribution < -0.4 is 11.1 Å². The van der Waals surface area contributed by atoms with Crippen LogP contribution >= 0.6 is 15.9 Å². The van der Waals surface area contributed by atoms with Crippen LogP contribution in [0.15, 0.2) is 28.7 Å². The number of nitrogen functional groups attached to an aromatic ring is 1. The van der Waals surface area contributed by atoms with E-state index in [0.717, 1.165) is 4.47 Å². The van der Waals surface area contributed by atoms with E-state index < -0.39 is 0 Å². The molecule has 0 fully saturated rings. The molecule has 0 unspecified atom stereocenters. The molecule has 0 saturated carbocycles. The van der Waals surface area contributed by atoms with Crippen LogP contribution in [-0.2, 0) is 7.05 Å². The van der Waals surface area contributed by atoms with Crippen molar-refractivity contribution < 1.29 is 4.79 Å². The molecular formula is C12H13BrN4O. The number of aromatic nitrogens is 2. The van der Waals surface area contributed by atoms with Crippen LogP contribution in [0.5, 0.6) is 0 Å². The minimum absolute atomic E-state index is 0.225. The molecule has 94 valence electrons. The van der Waals surface area contributed by atoms with Gasteiger partial charge in [-0.25, -0.2) is 0 Å². The Morgan fingerprint density at radius 3 is 2.67 bits per heavy atom. The molecule has 0 radical (unpaired) electrons. The third kappa shape index (κ3) is 2.24. The van der Waals surface area contributed by atoms with E-state index in [1.54, 1.807) is 30.8 Å². The molecule has 2 rings (SSSR count). The highest BCUT2D eigenvalue weighted by atomic mass is 79.9. The summed E-state index contributed by atoms with van der Waals surface area (Å²) >= 11 is 3.34. The van der Waals surface area contributed by atoms with Crippen LogP contribution in [0.4, 0.5) is 11.5 Å². The molecule has 1 amide bonds. The zero-order chi connectivity index (χ0) is 13.3. The molecule has 0 spiro atoms. The second-order valence-corrected chi connectivity index (χ2v) is 4.76. The molecule has 1 aromatic heterocycles. The maximum absolute atomic E-state index is 12.1. The van der Waals surface area contributed by atoms with Crippen molar-refractivity contribution in [2.45, 2.75) is 6.92 Å². The van der Waals surface area contributed by atoms with Gasteiger partial charge in [0.15, 0.2) is 5.82 Å². The number of carbonyl (C=O) groups excluding carboxylic acids is 1. The van der Waals surface area contributed by atoms with Gasteiger partial charge in [0.25, 0.3) is 5.91 Å². The highest BCUT2D eigenvalue weighted by Crippen LogP contribution is 2.23. The van der Waals surface area contributed by atoms with Gasteiger partial charge in [-0.15, -0.1) is 0 Å².